The second-order valence-corrected chi connectivity index (χ2v) is 8.29. The van der Waals surface area contributed by atoms with Crippen molar-refractivity contribution in [2.24, 2.45) is 0 Å². The summed E-state index contributed by atoms with van der Waals surface area (Å²) in [6.07, 6.45) is 0. The van der Waals surface area contributed by atoms with Crippen molar-refractivity contribution in [2.45, 2.75) is 27.0 Å². The van der Waals surface area contributed by atoms with Crippen LogP contribution in [0.3, 0.4) is 0 Å². The van der Waals surface area contributed by atoms with Gasteiger partial charge in [-0.1, -0.05) is 29.8 Å². The molecule has 0 aliphatic heterocycles. The third kappa shape index (κ3) is 5.24. The van der Waals surface area contributed by atoms with Crippen molar-refractivity contribution in [3.05, 3.63) is 106 Å². The van der Waals surface area contributed by atoms with Crippen LogP contribution in [0.1, 0.15) is 32.9 Å². The number of methoxy groups -OCH3 is 1. The number of aryl methyl sites for hydroxylation is 1. The molecule has 1 N–H and O–H groups in total. The molecule has 34 heavy (non-hydrogen) atoms. The van der Waals surface area contributed by atoms with Gasteiger partial charge in [0.15, 0.2) is 0 Å². The maximum atomic E-state index is 12.9. The van der Waals surface area contributed by atoms with Gasteiger partial charge in [-0.25, -0.2) is 4.68 Å². The Hall–Kier alpha value is -3.77. The largest absolute Gasteiger partial charge is 0.496 e. The number of halogens is 1. The molecule has 4 aromatic rings. The molecule has 4 rings (SSSR count). The number of amides is 1. The summed E-state index contributed by atoms with van der Waals surface area (Å²) in [5, 5.41) is 8.31. The van der Waals surface area contributed by atoms with E-state index in [0.29, 0.717) is 28.6 Å². The van der Waals surface area contributed by atoms with Crippen LogP contribution in [0.5, 0.6) is 11.5 Å². The number of rotatable bonds is 8. The molecule has 174 valence electrons. The van der Waals surface area contributed by atoms with Crippen LogP contribution in [0.2, 0.25) is 5.02 Å². The number of ether oxygens (including phenoxy) is 2. The number of nitrogens with one attached hydrogen (secondary N) is 1. The Morgan fingerprint density at radius 1 is 1.03 bits per heavy atom. The summed E-state index contributed by atoms with van der Waals surface area (Å²) in [5.74, 6) is 1.16. The molecule has 0 fully saturated rings. The first kappa shape index (κ1) is 23.4. The van der Waals surface area contributed by atoms with Crippen LogP contribution in [-0.4, -0.2) is 22.8 Å². The molecule has 7 heteroatoms. The van der Waals surface area contributed by atoms with Crippen molar-refractivity contribution >= 4 is 17.5 Å². The van der Waals surface area contributed by atoms with Crippen LogP contribution >= 0.6 is 11.6 Å². The van der Waals surface area contributed by atoms with Crippen molar-refractivity contribution in [1.29, 1.82) is 0 Å². The van der Waals surface area contributed by atoms with Gasteiger partial charge in [-0.05, 0) is 68.4 Å². The summed E-state index contributed by atoms with van der Waals surface area (Å²) < 4.78 is 13.2. The zero-order valence-corrected chi connectivity index (χ0v) is 20.1. The van der Waals surface area contributed by atoms with Crippen LogP contribution in [0.25, 0.3) is 5.69 Å². The van der Waals surface area contributed by atoms with E-state index in [2.05, 4.69) is 10.4 Å². The highest BCUT2D eigenvalue weighted by Crippen LogP contribution is 2.24. The Balaban J connectivity index is 1.46. The minimum atomic E-state index is -0.179. The maximum absolute atomic E-state index is 12.9. The van der Waals surface area contributed by atoms with E-state index in [-0.39, 0.29) is 12.5 Å². The highest BCUT2D eigenvalue weighted by Gasteiger charge is 2.15. The zero-order valence-electron chi connectivity index (χ0n) is 19.3. The molecule has 0 saturated carbocycles. The van der Waals surface area contributed by atoms with E-state index in [1.165, 1.54) is 0 Å². The lowest BCUT2D eigenvalue weighted by Gasteiger charge is -2.13. The van der Waals surface area contributed by atoms with Gasteiger partial charge in [-0.15, -0.1) is 0 Å². The molecule has 0 bridgehead atoms. The Kier molecular flexibility index (Phi) is 7.18. The molecule has 0 aliphatic rings. The van der Waals surface area contributed by atoms with Gasteiger partial charge in [0.1, 0.15) is 18.1 Å². The van der Waals surface area contributed by atoms with Gasteiger partial charge in [-0.2, -0.15) is 5.10 Å². The summed E-state index contributed by atoms with van der Waals surface area (Å²) in [4.78, 5) is 12.9. The van der Waals surface area contributed by atoms with Crippen LogP contribution in [-0.2, 0) is 13.2 Å². The number of para-hydroxylation sites is 1. The first-order valence-corrected chi connectivity index (χ1v) is 11.3. The summed E-state index contributed by atoms with van der Waals surface area (Å²) in [7, 11) is 1.59. The Labute approximate surface area is 204 Å². The fraction of sp³-hybridized carbons (Fsp3) is 0.185. The fourth-order valence-electron chi connectivity index (χ4n) is 3.75. The van der Waals surface area contributed by atoms with Gasteiger partial charge in [0.25, 0.3) is 5.91 Å². The van der Waals surface area contributed by atoms with E-state index in [9.17, 15) is 4.79 Å². The molecular weight excluding hydrogens is 450 g/mol. The monoisotopic (exact) mass is 475 g/mol. The Morgan fingerprint density at radius 3 is 2.47 bits per heavy atom. The van der Waals surface area contributed by atoms with Crippen molar-refractivity contribution in [1.82, 2.24) is 15.1 Å². The molecule has 0 radical (unpaired) electrons. The Bertz CT molecular complexity index is 1280. The molecular formula is C27H26ClN3O3. The van der Waals surface area contributed by atoms with E-state index < -0.39 is 0 Å². The average molecular weight is 476 g/mol. The van der Waals surface area contributed by atoms with Crippen LogP contribution < -0.4 is 14.8 Å². The van der Waals surface area contributed by atoms with Gasteiger partial charge < -0.3 is 14.8 Å². The third-order valence-corrected chi connectivity index (χ3v) is 5.87. The number of aromatic nitrogens is 2. The molecule has 6 nitrogen and oxygen atoms in total. The highest BCUT2D eigenvalue weighted by atomic mass is 35.5. The van der Waals surface area contributed by atoms with Gasteiger partial charge >= 0.3 is 0 Å². The van der Waals surface area contributed by atoms with Crippen molar-refractivity contribution in [2.75, 3.05) is 7.11 Å². The van der Waals surface area contributed by atoms with E-state index in [4.69, 9.17) is 21.1 Å². The van der Waals surface area contributed by atoms with Crippen molar-refractivity contribution in [3.63, 3.8) is 0 Å². The number of hydrogen-bond donors (Lipinski definition) is 1. The summed E-state index contributed by atoms with van der Waals surface area (Å²) >= 11 is 5.93. The highest BCUT2D eigenvalue weighted by molar-refractivity contribution is 6.30. The van der Waals surface area contributed by atoms with Crippen molar-refractivity contribution in [3.8, 4) is 17.2 Å². The predicted octanol–water partition coefficient (Wildman–Crippen LogP) is 5.66. The SMILES string of the molecule is COc1ccc(C(=O)NCc2c(C)nn(-c3ccccc3)c2C)cc1COc1ccc(Cl)cc1. The maximum Gasteiger partial charge on any atom is 0.251 e. The van der Waals surface area contributed by atoms with E-state index >= 15 is 0 Å². The van der Waals surface area contributed by atoms with Gasteiger partial charge in [0, 0.05) is 34.0 Å². The molecule has 0 saturated heterocycles. The lowest BCUT2D eigenvalue weighted by atomic mass is 10.1. The Morgan fingerprint density at radius 2 is 1.76 bits per heavy atom. The minimum absolute atomic E-state index is 0.179. The quantitative estimate of drug-likeness (QED) is 0.357. The molecule has 0 spiro atoms. The average Bonchev–Trinajstić information content (AvgIpc) is 3.15. The summed E-state index contributed by atoms with van der Waals surface area (Å²) in [5.41, 5.74) is 5.16. The number of hydrogen-bond acceptors (Lipinski definition) is 4. The van der Waals surface area contributed by atoms with E-state index in [0.717, 1.165) is 28.2 Å². The van der Waals surface area contributed by atoms with Crippen LogP contribution in [0.15, 0.2) is 72.8 Å². The molecule has 0 unspecified atom stereocenters. The summed E-state index contributed by atoms with van der Waals surface area (Å²) in [6, 6.07) is 22.4. The number of benzene rings is 3. The van der Waals surface area contributed by atoms with Crippen molar-refractivity contribution < 1.29 is 14.3 Å². The first-order chi connectivity index (χ1) is 16.5. The number of nitrogens with zero attached hydrogens (tertiary/aromatic N) is 2. The van der Waals surface area contributed by atoms with E-state index in [1.807, 2.05) is 48.9 Å². The van der Waals surface area contributed by atoms with Gasteiger partial charge in [-0.3, -0.25) is 4.79 Å². The van der Waals surface area contributed by atoms with E-state index in [1.54, 1.807) is 49.6 Å². The fourth-order valence-corrected chi connectivity index (χ4v) is 3.87. The smallest absolute Gasteiger partial charge is 0.251 e. The van der Waals surface area contributed by atoms with Crippen LogP contribution in [0.4, 0.5) is 0 Å². The normalized spacial score (nSPS) is 10.7. The predicted molar refractivity (Wildman–Crippen MR) is 133 cm³/mol. The molecule has 0 atom stereocenters. The molecule has 1 heterocycles. The second-order valence-electron chi connectivity index (χ2n) is 7.85. The third-order valence-electron chi connectivity index (χ3n) is 5.62. The lowest BCUT2D eigenvalue weighted by Crippen LogP contribution is -2.23. The van der Waals surface area contributed by atoms with Crippen LogP contribution in [0, 0.1) is 13.8 Å². The van der Waals surface area contributed by atoms with Gasteiger partial charge in [0.2, 0.25) is 0 Å². The zero-order chi connectivity index (χ0) is 24.1. The molecule has 0 aliphatic carbocycles. The number of carbonyl (C=O) groups excluding carboxylic acids is 1. The second kappa shape index (κ2) is 10.4. The molecule has 3 aromatic carbocycles. The molecule has 1 aromatic heterocycles. The topological polar surface area (TPSA) is 65.4 Å². The molecule has 1 amide bonds. The first-order valence-electron chi connectivity index (χ1n) is 10.9. The standard InChI is InChI=1S/C27H26ClN3O3/c1-18-25(19(2)31(30-18)23-7-5-4-6-8-23)16-29-27(32)20-9-14-26(33-3)21(15-20)17-34-24-12-10-22(28)11-13-24/h4-15H,16-17H2,1-3H3,(H,29,32). The summed E-state index contributed by atoms with van der Waals surface area (Å²) in [6.45, 7) is 4.60. The number of carbonyl (C=O) groups is 1. The minimum Gasteiger partial charge on any atom is -0.496 e. The lowest BCUT2D eigenvalue weighted by molar-refractivity contribution is 0.0950. The van der Waals surface area contributed by atoms with Gasteiger partial charge in [0.05, 0.1) is 18.5 Å².